The monoisotopic (exact) mass is 268 g/mol. The summed E-state index contributed by atoms with van der Waals surface area (Å²) >= 11 is 0. The average Bonchev–Trinajstić information content (AvgIpc) is 2.41. The van der Waals surface area contributed by atoms with Gasteiger partial charge in [0.05, 0.1) is 11.5 Å². The Bertz CT molecular complexity index is 467. The summed E-state index contributed by atoms with van der Waals surface area (Å²) in [6, 6.07) is 3.59. The van der Waals surface area contributed by atoms with E-state index in [0.29, 0.717) is 12.1 Å². The molecule has 1 N–H and O–H groups in total. The maximum absolute atomic E-state index is 13.7. The second kappa shape index (κ2) is 6.08. The van der Waals surface area contributed by atoms with Gasteiger partial charge in [-0.3, -0.25) is 15.0 Å². The third kappa shape index (κ3) is 3.27. The number of rotatable bonds is 4. The molecule has 2 rings (SSSR count). The van der Waals surface area contributed by atoms with Gasteiger partial charge in [0, 0.05) is 30.3 Å². The Morgan fingerprint density at radius 3 is 2.95 bits per heavy atom. The molecule has 1 aliphatic rings. The molecule has 1 unspecified atom stereocenters. The molecule has 1 aromatic rings. The van der Waals surface area contributed by atoms with Crippen molar-refractivity contribution in [3.8, 4) is 0 Å². The molecule has 0 amide bonds. The van der Waals surface area contributed by atoms with E-state index in [1.54, 1.807) is 0 Å². The third-order valence-electron chi connectivity index (χ3n) is 3.57. The van der Waals surface area contributed by atoms with Crippen LogP contribution in [0.3, 0.4) is 0 Å². The van der Waals surface area contributed by atoms with Crippen molar-refractivity contribution < 1.29 is 14.4 Å². The van der Waals surface area contributed by atoms with Gasteiger partial charge in [0.1, 0.15) is 5.82 Å². The van der Waals surface area contributed by atoms with Gasteiger partial charge in [0.2, 0.25) is 0 Å². The van der Waals surface area contributed by atoms with Gasteiger partial charge in [-0.15, -0.1) is 0 Å². The summed E-state index contributed by atoms with van der Waals surface area (Å²) in [6.45, 7) is 1.13. The Labute approximate surface area is 110 Å². The number of benzene rings is 1. The van der Waals surface area contributed by atoms with E-state index in [-0.39, 0.29) is 18.3 Å². The number of aliphatic hydroxyl groups excluding tert-OH is 1. The van der Waals surface area contributed by atoms with Crippen LogP contribution in [0, 0.1) is 15.9 Å². The van der Waals surface area contributed by atoms with Crippen LogP contribution in [0.5, 0.6) is 0 Å². The van der Waals surface area contributed by atoms with Gasteiger partial charge in [-0.1, -0.05) is 6.42 Å². The topological polar surface area (TPSA) is 66.6 Å². The van der Waals surface area contributed by atoms with E-state index < -0.39 is 10.7 Å². The fourth-order valence-electron chi connectivity index (χ4n) is 2.49. The number of non-ortho nitro benzene ring substituents is 1. The lowest BCUT2D eigenvalue weighted by Crippen LogP contribution is -2.41. The zero-order chi connectivity index (χ0) is 13.8. The molecule has 6 heteroatoms. The third-order valence-corrected chi connectivity index (χ3v) is 3.57. The average molecular weight is 268 g/mol. The first-order valence-electron chi connectivity index (χ1n) is 6.39. The highest BCUT2D eigenvalue weighted by molar-refractivity contribution is 5.35. The van der Waals surface area contributed by atoms with Crippen LogP contribution >= 0.6 is 0 Å². The first-order chi connectivity index (χ1) is 9.11. The van der Waals surface area contributed by atoms with Crippen molar-refractivity contribution in [1.29, 1.82) is 0 Å². The summed E-state index contributed by atoms with van der Waals surface area (Å²) in [6.07, 6.45) is 2.94. The molecule has 1 saturated heterocycles. The predicted octanol–water partition coefficient (Wildman–Crippen LogP) is 2.08. The number of aliphatic hydroxyl groups is 1. The fraction of sp³-hybridized carbons (Fsp3) is 0.538. The molecule has 0 radical (unpaired) electrons. The van der Waals surface area contributed by atoms with Gasteiger partial charge in [-0.05, 0) is 25.5 Å². The first kappa shape index (κ1) is 13.9. The normalized spacial score (nSPS) is 20.4. The minimum absolute atomic E-state index is 0.0208. The number of nitrogens with zero attached hydrogens (tertiary/aromatic N) is 2. The van der Waals surface area contributed by atoms with Gasteiger partial charge >= 0.3 is 0 Å². The summed E-state index contributed by atoms with van der Waals surface area (Å²) in [5.74, 6) is -0.437. The standard InChI is InChI=1S/C13H17FN2O3/c14-13-5-4-11(16(18)19)7-10(13)8-15-6-2-1-3-12(15)9-17/h4-5,7,12,17H,1-3,6,8-9H2. The molecule has 19 heavy (non-hydrogen) atoms. The van der Waals surface area contributed by atoms with Crippen molar-refractivity contribution in [1.82, 2.24) is 4.90 Å². The van der Waals surface area contributed by atoms with Crippen LogP contribution in [0.25, 0.3) is 0 Å². The van der Waals surface area contributed by atoms with E-state index in [4.69, 9.17) is 0 Å². The summed E-state index contributed by atoms with van der Waals surface area (Å²) in [4.78, 5) is 12.2. The van der Waals surface area contributed by atoms with Crippen LogP contribution in [0.4, 0.5) is 10.1 Å². The number of hydrogen-bond acceptors (Lipinski definition) is 4. The SMILES string of the molecule is O=[N+]([O-])c1ccc(F)c(CN2CCCCC2CO)c1. The van der Waals surface area contributed by atoms with E-state index in [9.17, 15) is 19.6 Å². The molecule has 1 fully saturated rings. The Kier molecular flexibility index (Phi) is 4.44. The summed E-state index contributed by atoms with van der Waals surface area (Å²) in [7, 11) is 0. The van der Waals surface area contributed by atoms with Crippen LogP contribution in [0.15, 0.2) is 18.2 Å². The smallest absolute Gasteiger partial charge is 0.269 e. The Balaban J connectivity index is 2.17. The van der Waals surface area contributed by atoms with Gasteiger partial charge in [0.25, 0.3) is 5.69 Å². The quantitative estimate of drug-likeness (QED) is 0.670. The van der Waals surface area contributed by atoms with Crippen LogP contribution in [-0.2, 0) is 6.54 Å². The predicted molar refractivity (Wildman–Crippen MR) is 68.2 cm³/mol. The van der Waals surface area contributed by atoms with Gasteiger partial charge in [-0.2, -0.15) is 0 Å². The Morgan fingerprint density at radius 1 is 1.47 bits per heavy atom. The number of nitro groups is 1. The molecular formula is C13H17FN2O3. The first-order valence-corrected chi connectivity index (χ1v) is 6.39. The van der Waals surface area contributed by atoms with Crippen molar-refractivity contribution in [2.24, 2.45) is 0 Å². The van der Waals surface area contributed by atoms with E-state index in [1.165, 1.54) is 12.1 Å². The molecule has 1 atom stereocenters. The van der Waals surface area contributed by atoms with Crippen LogP contribution in [0.2, 0.25) is 0 Å². The van der Waals surface area contributed by atoms with Gasteiger partial charge in [0.15, 0.2) is 0 Å². The highest BCUT2D eigenvalue weighted by atomic mass is 19.1. The molecule has 1 aliphatic heterocycles. The second-order valence-corrected chi connectivity index (χ2v) is 4.84. The zero-order valence-electron chi connectivity index (χ0n) is 10.6. The Morgan fingerprint density at radius 2 is 2.26 bits per heavy atom. The lowest BCUT2D eigenvalue weighted by Gasteiger charge is -2.34. The fourth-order valence-corrected chi connectivity index (χ4v) is 2.49. The van der Waals surface area contributed by atoms with E-state index in [2.05, 4.69) is 0 Å². The minimum Gasteiger partial charge on any atom is -0.395 e. The number of piperidine rings is 1. The van der Waals surface area contributed by atoms with Crippen LogP contribution < -0.4 is 0 Å². The summed E-state index contributed by atoms with van der Waals surface area (Å²) in [5.41, 5.74) is 0.212. The maximum atomic E-state index is 13.7. The Hall–Kier alpha value is -1.53. The van der Waals surface area contributed by atoms with Crippen molar-refractivity contribution in [3.05, 3.63) is 39.7 Å². The zero-order valence-corrected chi connectivity index (χ0v) is 10.6. The molecule has 0 saturated carbocycles. The van der Waals surface area contributed by atoms with Gasteiger partial charge < -0.3 is 5.11 Å². The minimum atomic E-state index is -0.525. The van der Waals surface area contributed by atoms with Crippen LogP contribution in [0.1, 0.15) is 24.8 Å². The molecule has 1 heterocycles. The number of hydrogen-bond donors (Lipinski definition) is 1. The van der Waals surface area contributed by atoms with Gasteiger partial charge in [-0.25, -0.2) is 4.39 Å². The maximum Gasteiger partial charge on any atom is 0.269 e. The molecule has 0 aliphatic carbocycles. The van der Waals surface area contributed by atoms with Crippen molar-refractivity contribution in [2.75, 3.05) is 13.2 Å². The van der Waals surface area contributed by atoms with Crippen molar-refractivity contribution in [2.45, 2.75) is 31.8 Å². The number of likely N-dealkylation sites (tertiary alicyclic amines) is 1. The highest BCUT2D eigenvalue weighted by Gasteiger charge is 2.23. The molecule has 5 nitrogen and oxygen atoms in total. The largest absolute Gasteiger partial charge is 0.395 e. The molecule has 0 bridgehead atoms. The lowest BCUT2D eigenvalue weighted by atomic mass is 10.0. The summed E-state index contributed by atoms with van der Waals surface area (Å²) < 4.78 is 13.7. The molecule has 0 aromatic heterocycles. The second-order valence-electron chi connectivity index (χ2n) is 4.84. The summed E-state index contributed by atoms with van der Waals surface area (Å²) in [5, 5.41) is 20.0. The van der Waals surface area contributed by atoms with E-state index in [1.807, 2.05) is 4.90 Å². The molecular weight excluding hydrogens is 251 g/mol. The number of halogens is 1. The molecule has 1 aromatic carbocycles. The van der Waals surface area contributed by atoms with E-state index in [0.717, 1.165) is 31.9 Å². The van der Waals surface area contributed by atoms with E-state index >= 15 is 0 Å². The number of nitro benzene ring substituents is 1. The van der Waals surface area contributed by atoms with Crippen LogP contribution in [-0.4, -0.2) is 34.1 Å². The van der Waals surface area contributed by atoms with Crippen molar-refractivity contribution >= 4 is 5.69 Å². The van der Waals surface area contributed by atoms with Crippen molar-refractivity contribution in [3.63, 3.8) is 0 Å². The lowest BCUT2D eigenvalue weighted by molar-refractivity contribution is -0.385. The molecule has 0 spiro atoms. The molecule has 104 valence electrons. The highest BCUT2D eigenvalue weighted by Crippen LogP contribution is 2.23.